The third kappa shape index (κ3) is 4.32. The first-order valence-electron chi connectivity index (χ1n) is 10.8. The molecule has 0 saturated heterocycles. The molecule has 0 aliphatic heterocycles. The van der Waals surface area contributed by atoms with E-state index in [9.17, 15) is 22.4 Å². The first-order valence-corrected chi connectivity index (χ1v) is 12.3. The molecule has 8 nitrogen and oxygen atoms in total. The Balaban J connectivity index is 1.92. The standard InChI is InChI=1S/C23H27FN4O4S/c1-4-27-19-13-17(24)20(33(31,32)26-23(2)10-11-23)12-16(19)21(29)28(22(27)30)14-15-8-6-5-7-9-18(15)25-3/h5-8,12-13,25-26H,4,9-11,14H2,1-3H3. The van der Waals surface area contributed by atoms with Gasteiger partial charge < -0.3 is 5.32 Å². The van der Waals surface area contributed by atoms with Crippen molar-refractivity contribution in [2.24, 2.45) is 0 Å². The Labute approximate surface area is 191 Å². The van der Waals surface area contributed by atoms with E-state index >= 15 is 0 Å². The van der Waals surface area contributed by atoms with Crippen LogP contribution in [0.2, 0.25) is 0 Å². The minimum atomic E-state index is -4.18. The number of aryl methyl sites for hydroxylation is 1. The Hall–Kier alpha value is -2.98. The van der Waals surface area contributed by atoms with Crippen LogP contribution >= 0.6 is 0 Å². The van der Waals surface area contributed by atoms with Crippen molar-refractivity contribution >= 4 is 20.9 Å². The number of rotatable bonds is 7. The molecule has 2 aliphatic carbocycles. The maximum absolute atomic E-state index is 14.9. The number of sulfonamides is 1. The zero-order chi connectivity index (χ0) is 24.0. The highest BCUT2D eigenvalue weighted by Gasteiger charge is 2.42. The maximum Gasteiger partial charge on any atom is 0.331 e. The maximum atomic E-state index is 14.9. The molecule has 0 spiro atoms. The molecule has 10 heteroatoms. The van der Waals surface area contributed by atoms with Crippen LogP contribution < -0.4 is 21.3 Å². The molecular formula is C23H27FN4O4S. The average molecular weight is 475 g/mol. The van der Waals surface area contributed by atoms with E-state index in [1.165, 1.54) is 4.57 Å². The van der Waals surface area contributed by atoms with Gasteiger partial charge in [-0.3, -0.25) is 13.9 Å². The summed E-state index contributed by atoms with van der Waals surface area (Å²) in [5.41, 5.74) is -0.164. The molecule has 1 heterocycles. The Morgan fingerprint density at radius 1 is 1.15 bits per heavy atom. The van der Waals surface area contributed by atoms with Gasteiger partial charge in [-0.15, -0.1) is 0 Å². The number of fused-ring (bicyclic) bond motifs is 1. The lowest BCUT2D eigenvalue weighted by Gasteiger charge is -2.17. The highest BCUT2D eigenvalue weighted by molar-refractivity contribution is 7.89. The third-order valence-corrected chi connectivity index (χ3v) is 7.80. The molecule has 1 saturated carbocycles. The smallest absolute Gasteiger partial charge is 0.331 e. The van der Waals surface area contributed by atoms with Crippen molar-refractivity contribution in [1.82, 2.24) is 19.2 Å². The summed E-state index contributed by atoms with van der Waals surface area (Å²) in [6, 6.07) is 2.00. The molecule has 2 N–H and O–H groups in total. The third-order valence-electron chi connectivity index (χ3n) is 6.15. The van der Waals surface area contributed by atoms with Crippen LogP contribution in [0.4, 0.5) is 4.39 Å². The first-order chi connectivity index (χ1) is 15.6. The predicted octanol–water partition coefficient (Wildman–Crippen LogP) is 2.14. The summed E-state index contributed by atoms with van der Waals surface area (Å²) >= 11 is 0. The van der Waals surface area contributed by atoms with Gasteiger partial charge in [0.1, 0.15) is 10.7 Å². The molecule has 0 unspecified atom stereocenters. The van der Waals surface area contributed by atoms with E-state index in [1.54, 1.807) is 20.9 Å². The van der Waals surface area contributed by atoms with Gasteiger partial charge in [-0.25, -0.2) is 22.3 Å². The molecule has 0 amide bonds. The minimum Gasteiger partial charge on any atom is -0.391 e. The van der Waals surface area contributed by atoms with Crippen LogP contribution in [0, 0.1) is 5.82 Å². The second-order valence-electron chi connectivity index (χ2n) is 8.63. The zero-order valence-corrected chi connectivity index (χ0v) is 19.6. The van der Waals surface area contributed by atoms with E-state index < -0.39 is 37.5 Å². The summed E-state index contributed by atoms with van der Waals surface area (Å²) in [5.74, 6) is -1.00. The van der Waals surface area contributed by atoms with Crippen molar-refractivity contribution in [3.8, 4) is 0 Å². The number of hydrogen-bond acceptors (Lipinski definition) is 5. The Bertz CT molecular complexity index is 1440. The molecule has 0 atom stereocenters. The van der Waals surface area contributed by atoms with Crippen LogP contribution in [0.1, 0.15) is 33.1 Å². The second kappa shape index (κ2) is 8.42. The Morgan fingerprint density at radius 3 is 2.52 bits per heavy atom. The molecule has 0 bridgehead atoms. The fraction of sp³-hybridized carbons (Fsp3) is 0.391. The molecule has 0 radical (unpaired) electrons. The van der Waals surface area contributed by atoms with Crippen LogP contribution in [0.3, 0.4) is 0 Å². The van der Waals surface area contributed by atoms with Gasteiger partial charge in [-0.1, -0.05) is 24.3 Å². The molecule has 2 aliphatic rings. The van der Waals surface area contributed by atoms with Crippen LogP contribution in [0.5, 0.6) is 0 Å². The fourth-order valence-electron chi connectivity index (χ4n) is 3.99. The summed E-state index contributed by atoms with van der Waals surface area (Å²) in [6.45, 7) is 3.64. The summed E-state index contributed by atoms with van der Waals surface area (Å²) < 4.78 is 45.5. The lowest BCUT2D eigenvalue weighted by Crippen LogP contribution is -2.41. The van der Waals surface area contributed by atoms with Gasteiger partial charge in [-0.2, -0.15) is 0 Å². The first kappa shape index (κ1) is 23.2. The molecule has 2 aromatic rings. The van der Waals surface area contributed by atoms with Gasteiger partial charge in [0.25, 0.3) is 5.56 Å². The average Bonchev–Trinajstić information content (AvgIpc) is 3.52. The van der Waals surface area contributed by atoms with Crippen LogP contribution in [-0.4, -0.2) is 30.1 Å². The number of hydrogen-bond donors (Lipinski definition) is 2. The minimum absolute atomic E-state index is 0.00224. The van der Waals surface area contributed by atoms with Gasteiger partial charge in [0.05, 0.1) is 17.4 Å². The summed E-state index contributed by atoms with van der Waals surface area (Å²) in [6.07, 6.45) is 9.42. The number of aromatic nitrogens is 2. The highest BCUT2D eigenvalue weighted by atomic mass is 32.2. The second-order valence-corrected chi connectivity index (χ2v) is 10.3. The summed E-state index contributed by atoms with van der Waals surface area (Å²) in [5, 5.41) is 3.07. The van der Waals surface area contributed by atoms with Gasteiger partial charge in [0, 0.05) is 31.2 Å². The molecule has 4 rings (SSSR count). The monoisotopic (exact) mass is 474 g/mol. The van der Waals surface area contributed by atoms with Crippen LogP contribution in [0.15, 0.2) is 62.2 Å². The lowest BCUT2D eigenvalue weighted by molar-refractivity contribution is 0.540. The van der Waals surface area contributed by atoms with E-state index in [1.807, 2.05) is 24.3 Å². The number of benzene rings is 1. The van der Waals surface area contributed by atoms with Crippen molar-refractivity contribution in [2.45, 2.75) is 56.6 Å². The molecule has 1 aromatic carbocycles. The summed E-state index contributed by atoms with van der Waals surface area (Å²) in [4.78, 5) is 26.0. The topological polar surface area (TPSA) is 102 Å². The van der Waals surface area contributed by atoms with Crippen LogP contribution in [-0.2, 0) is 23.1 Å². The van der Waals surface area contributed by atoms with Gasteiger partial charge in [0.15, 0.2) is 0 Å². The number of halogens is 1. The van der Waals surface area contributed by atoms with E-state index in [4.69, 9.17) is 0 Å². The molecule has 1 fully saturated rings. The van der Waals surface area contributed by atoms with E-state index in [0.29, 0.717) is 19.3 Å². The zero-order valence-electron chi connectivity index (χ0n) is 18.8. The largest absolute Gasteiger partial charge is 0.391 e. The molecule has 33 heavy (non-hydrogen) atoms. The Morgan fingerprint density at radius 2 is 1.88 bits per heavy atom. The van der Waals surface area contributed by atoms with E-state index in [0.717, 1.165) is 28.0 Å². The number of nitrogens with zero attached hydrogens (tertiary/aromatic N) is 2. The van der Waals surface area contributed by atoms with Crippen molar-refractivity contribution in [3.05, 3.63) is 74.4 Å². The molecule has 1 aromatic heterocycles. The summed E-state index contributed by atoms with van der Waals surface area (Å²) in [7, 11) is -2.41. The molecular weight excluding hydrogens is 447 g/mol. The van der Waals surface area contributed by atoms with Gasteiger partial charge >= 0.3 is 5.69 Å². The van der Waals surface area contributed by atoms with Crippen molar-refractivity contribution in [1.29, 1.82) is 0 Å². The van der Waals surface area contributed by atoms with Crippen molar-refractivity contribution in [3.63, 3.8) is 0 Å². The Kier molecular flexibility index (Phi) is 5.92. The van der Waals surface area contributed by atoms with Gasteiger partial charge in [0.2, 0.25) is 10.0 Å². The fourth-order valence-corrected chi connectivity index (χ4v) is 5.54. The van der Waals surface area contributed by atoms with Crippen LogP contribution in [0.25, 0.3) is 10.9 Å². The molecule has 176 valence electrons. The lowest BCUT2D eigenvalue weighted by atomic mass is 10.1. The SMILES string of the molecule is CCn1c(=O)n(CC2=C(NC)CC=CC=C2)c(=O)c2cc(S(=O)(=O)NC3(C)CC3)c(F)cc21. The quantitative estimate of drug-likeness (QED) is 0.640. The normalized spacial score (nSPS) is 17.5. The number of nitrogens with one attached hydrogen (secondary N) is 2. The number of allylic oxidation sites excluding steroid dienone is 5. The highest BCUT2D eigenvalue weighted by Crippen LogP contribution is 2.36. The predicted molar refractivity (Wildman–Crippen MR) is 125 cm³/mol. The van der Waals surface area contributed by atoms with Crippen molar-refractivity contribution in [2.75, 3.05) is 7.05 Å². The van der Waals surface area contributed by atoms with E-state index in [-0.39, 0.29) is 24.0 Å². The van der Waals surface area contributed by atoms with Crippen molar-refractivity contribution < 1.29 is 12.8 Å². The van der Waals surface area contributed by atoms with Gasteiger partial charge in [-0.05, 0) is 44.4 Å². The van der Waals surface area contributed by atoms with E-state index in [2.05, 4.69) is 10.0 Å².